The molecular formula is C19H27F3N2O4. The van der Waals surface area contributed by atoms with Crippen LogP contribution in [0.25, 0.3) is 0 Å². The Labute approximate surface area is 162 Å². The van der Waals surface area contributed by atoms with E-state index in [9.17, 15) is 22.8 Å². The van der Waals surface area contributed by atoms with E-state index in [0.29, 0.717) is 12.0 Å². The molecular weight excluding hydrogens is 377 g/mol. The van der Waals surface area contributed by atoms with Crippen molar-refractivity contribution in [3.8, 4) is 11.5 Å². The van der Waals surface area contributed by atoms with Crippen molar-refractivity contribution >= 4 is 11.8 Å². The highest BCUT2D eigenvalue weighted by molar-refractivity contribution is 5.87. The molecule has 0 aliphatic heterocycles. The highest BCUT2D eigenvalue weighted by Gasteiger charge is 2.29. The minimum absolute atomic E-state index is 0.0273. The van der Waals surface area contributed by atoms with E-state index in [0.717, 1.165) is 0 Å². The number of rotatable bonds is 8. The van der Waals surface area contributed by atoms with Crippen LogP contribution < -0.4 is 20.1 Å². The van der Waals surface area contributed by atoms with E-state index in [2.05, 4.69) is 10.6 Å². The number of benzene rings is 1. The van der Waals surface area contributed by atoms with Gasteiger partial charge in [0.05, 0.1) is 7.11 Å². The molecule has 0 heterocycles. The average Bonchev–Trinajstić information content (AvgIpc) is 2.56. The number of hydrogen-bond donors (Lipinski definition) is 2. The maximum absolute atomic E-state index is 12.3. The molecule has 1 aromatic carbocycles. The van der Waals surface area contributed by atoms with Gasteiger partial charge in [-0.1, -0.05) is 6.07 Å². The maximum Gasteiger partial charge on any atom is 0.422 e. The normalized spacial score (nSPS) is 12.9. The molecule has 2 N–H and O–H groups in total. The maximum atomic E-state index is 12.3. The second kappa shape index (κ2) is 9.66. The zero-order valence-corrected chi connectivity index (χ0v) is 16.7. The number of carbonyl (C=O) groups is 2. The van der Waals surface area contributed by atoms with Gasteiger partial charge in [-0.3, -0.25) is 9.59 Å². The summed E-state index contributed by atoms with van der Waals surface area (Å²) in [5.74, 6) is -0.470. The number of halogens is 3. The van der Waals surface area contributed by atoms with Gasteiger partial charge in [0.25, 0.3) is 0 Å². The first-order valence-corrected chi connectivity index (χ1v) is 8.78. The van der Waals surface area contributed by atoms with Crippen molar-refractivity contribution in [2.45, 2.75) is 58.3 Å². The minimum Gasteiger partial charge on any atom is -0.493 e. The van der Waals surface area contributed by atoms with Crippen LogP contribution in [0.4, 0.5) is 13.2 Å². The number of ether oxygens (including phenoxy) is 2. The Bertz CT molecular complexity index is 685. The lowest BCUT2D eigenvalue weighted by molar-refractivity contribution is -0.153. The summed E-state index contributed by atoms with van der Waals surface area (Å²) in [5.41, 5.74) is 0.292. The lowest BCUT2D eigenvalue weighted by Crippen LogP contribution is -2.50. The first-order valence-electron chi connectivity index (χ1n) is 8.78. The number of hydrogen-bond acceptors (Lipinski definition) is 4. The van der Waals surface area contributed by atoms with Crippen LogP contribution in [0.2, 0.25) is 0 Å². The summed E-state index contributed by atoms with van der Waals surface area (Å²) < 4.78 is 46.6. The Kier molecular flexibility index (Phi) is 8.14. The number of amides is 2. The van der Waals surface area contributed by atoms with E-state index in [4.69, 9.17) is 9.47 Å². The summed E-state index contributed by atoms with van der Waals surface area (Å²) in [4.78, 5) is 24.0. The molecule has 0 bridgehead atoms. The summed E-state index contributed by atoms with van der Waals surface area (Å²) in [6.45, 7) is 5.70. The monoisotopic (exact) mass is 404 g/mol. The predicted molar refractivity (Wildman–Crippen MR) is 98.4 cm³/mol. The lowest BCUT2D eigenvalue weighted by atomic mass is 10.1. The van der Waals surface area contributed by atoms with Crippen molar-refractivity contribution in [2.75, 3.05) is 13.7 Å². The second-order valence-corrected chi connectivity index (χ2v) is 7.42. The third-order valence-corrected chi connectivity index (χ3v) is 3.53. The molecule has 158 valence electrons. The number of nitrogens with one attached hydrogen (secondary N) is 2. The van der Waals surface area contributed by atoms with Crippen LogP contribution in [0.15, 0.2) is 18.2 Å². The van der Waals surface area contributed by atoms with Crippen LogP contribution in [0.5, 0.6) is 11.5 Å². The van der Waals surface area contributed by atoms with Gasteiger partial charge in [0.1, 0.15) is 6.04 Å². The summed E-state index contributed by atoms with van der Waals surface area (Å²) >= 11 is 0. The molecule has 0 aliphatic rings. The Balaban J connectivity index is 2.60. The molecule has 1 atom stereocenters. The van der Waals surface area contributed by atoms with Gasteiger partial charge in [-0.05, 0) is 51.8 Å². The number of alkyl halides is 3. The molecule has 2 amide bonds. The predicted octanol–water partition coefficient (Wildman–Crippen LogP) is 2.99. The molecule has 28 heavy (non-hydrogen) atoms. The van der Waals surface area contributed by atoms with E-state index >= 15 is 0 Å². The van der Waals surface area contributed by atoms with Gasteiger partial charge >= 0.3 is 6.18 Å². The van der Waals surface area contributed by atoms with Gasteiger partial charge in [-0.25, -0.2) is 0 Å². The second-order valence-electron chi connectivity index (χ2n) is 7.42. The van der Waals surface area contributed by atoms with Gasteiger partial charge in [-0.2, -0.15) is 13.2 Å². The van der Waals surface area contributed by atoms with Crippen molar-refractivity contribution in [1.82, 2.24) is 10.6 Å². The fourth-order valence-electron chi connectivity index (χ4n) is 2.26. The molecule has 0 spiro atoms. The Hall–Kier alpha value is -2.45. The van der Waals surface area contributed by atoms with Crippen LogP contribution in [-0.2, 0) is 16.0 Å². The van der Waals surface area contributed by atoms with Crippen molar-refractivity contribution in [2.24, 2.45) is 0 Å². The first kappa shape index (κ1) is 23.6. The van der Waals surface area contributed by atoms with E-state index in [1.165, 1.54) is 19.2 Å². The van der Waals surface area contributed by atoms with Crippen LogP contribution in [0.3, 0.4) is 0 Å². The third-order valence-electron chi connectivity index (χ3n) is 3.53. The third kappa shape index (κ3) is 8.96. The fraction of sp³-hybridized carbons (Fsp3) is 0.579. The Morgan fingerprint density at radius 1 is 1.14 bits per heavy atom. The van der Waals surface area contributed by atoms with Gasteiger partial charge in [0.2, 0.25) is 11.8 Å². The van der Waals surface area contributed by atoms with Crippen LogP contribution in [-0.4, -0.2) is 43.3 Å². The molecule has 0 radical (unpaired) electrons. The standard InChI is InChI=1S/C19H27F3N2O4/c1-12(17(26)24-18(2,3)4)23-16(25)9-7-13-6-8-14(15(10-13)27-5)28-11-19(20,21)22/h6,8,10,12H,7,9,11H2,1-5H3,(H,23,25)(H,24,26). The topological polar surface area (TPSA) is 76.7 Å². The quantitative estimate of drug-likeness (QED) is 0.699. The van der Waals surface area contributed by atoms with Crippen molar-refractivity contribution in [3.05, 3.63) is 23.8 Å². The smallest absolute Gasteiger partial charge is 0.422 e. The number of methoxy groups -OCH3 is 1. The first-order chi connectivity index (χ1) is 12.8. The molecule has 0 saturated heterocycles. The van der Waals surface area contributed by atoms with Crippen molar-refractivity contribution < 1.29 is 32.2 Å². The molecule has 1 unspecified atom stereocenters. The van der Waals surface area contributed by atoms with Crippen LogP contribution >= 0.6 is 0 Å². The largest absolute Gasteiger partial charge is 0.493 e. The molecule has 0 saturated carbocycles. The van der Waals surface area contributed by atoms with Gasteiger partial charge in [0, 0.05) is 12.0 Å². The minimum atomic E-state index is -4.45. The van der Waals surface area contributed by atoms with E-state index in [-0.39, 0.29) is 29.7 Å². The van der Waals surface area contributed by atoms with Crippen LogP contribution in [0, 0.1) is 0 Å². The highest BCUT2D eigenvalue weighted by atomic mass is 19.4. The molecule has 0 aromatic heterocycles. The van der Waals surface area contributed by atoms with E-state index < -0.39 is 24.4 Å². The summed E-state index contributed by atoms with van der Waals surface area (Å²) in [5, 5.41) is 5.40. The van der Waals surface area contributed by atoms with E-state index in [1.54, 1.807) is 13.0 Å². The SMILES string of the molecule is COc1cc(CCC(=O)NC(C)C(=O)NC(C)(C)C)ccc1OCC(F)(F)F. The molecule has 1 aromatic rings. The van der Waals surface area contributed by atoms with Gasteiger partial charge in [-0.15, -0.1) is 0 Å². The Morgan fingerprint density at radius 2 is 1.79 bits per heavy atom. The zero-order chi connectivity index (χ0) is 21.5. The molecule has 0 fully saturated rings. The average molecular weight is 404 g/mol. The summed E-state index contributed by atoms with van der Waals surface area (Å²) in [6.07, 6.45) is -4.01. The number of carbonyl (C=O) groups excluding carboxylic acids is 2. The zero-order valence-electron chi connectivity index (χ0n) is 16.7. The highest BCUT2D eigenvalue weighted by Crippen LogP contribution is 2.30. The molecule has 9 heteroatoms. The summed E-state index contributed by atoms with van der Waals surface area (Å²) in [6, 6.07) is 3.78. The van der Waals surface area contributed by atoms with Gasteiger partial charge < -0.3 is 20.1 Å². The van der Waals surface area contributed by atoms with E-state index in [1.807, 2.05) is 20.8 Å². The van der Waals surface area contributed by atoms with Crippen molar-refractivity contribution in [1.29, 1.82) is 0 Å². The van der Waals surface area contributed by atoms with Crippen molar-refractivity contribution in [3.63, 3.8) is 0 Å². The number of aryl methyl sites for hydroxylation is 1. The Morgan fingerprint density at radius 3 is 2.32 bits per heavy atom. The van der Waals surface area contributed by atoms with Crippen LogP contribution in [0.1, 0.15) is 39.7 Å². The molecule has 0 aliphatic carbocycles. The molecule has 1 rings (SSSR count). The fourth-order valence-corrected chi connectivity index (χ4v) is 2.26. The lowest BCUT2D eigenvalue weighted by Gasteiger charge is -2.23. The molecule has 6 nitrogen and oxygen atoms in total. The van der Waals surface area contributed by atoms with Gasteiger partial charge in [0.15, 0.2) is 18.1 Å². The summed E-state index contributed by atoms with van der Waals surface area (Å²) in [7, 11) is 1.32.